The minimum Gasteiger partial charge on any atom is -0.320 e. The van der Waals surface area contributed by atoms with Gasteiger partial charge in [0.2, 0.25) is 6.04 Å². The van der Waals surface area contributed by atoms with E-state index in [2.05, 4.69) is 36.6 Å². The van der Waals surface area contributed by atoms with Crippen LogP contribution in [0.2, 0.25) is 0 Å². The van der Waals surface area contributed by atoms with Gasteiger partial charge in [0.05, 0.1) is 0 Å². The second-order valence-electron chi connectivity index (χ2n) is 6.37. The van der Waals surface area contributed by atoms with E-state index >= 15 is 0 Å². The number of hydrogen-bond acceptors (Lipinski definition) is 1. The number of anilines is 1. The first-order valence-corrected chi connectivity index (χ1v) is 8.59. The molecular formula is C20H25N2O+. The van der Waals surface area contributed by atoms with Crippen LogP contribution in [0.5, 0.6) is 0 Å². The Bertz CT molecular complexity index is 691. The van der Waals surface area contributed by atoms with Crippen LogP contribution in [0.15, 0.2) is 42.7 Å². The number of pyridine rings is 1. The quantitative estimate of drug-likeness (QED) is 0.860. The number of amides is 1. The first-order chi connectivity index (χ1) is 11.2. The first kappa shape index (κ1) is 15.7. The second kappa shape index (κ2) is 6.95. The molecule has 0 aliphatic heterocycles. The van der Waals surface area contributed by atoms with Crippen molar-refractivity contribution < 1.29 is 9.36 Å². The number of carbonyl (C=O) groups is 1. The molecular weight excluding hydrogens is 284 g/mol. The van der Waals surface area contributed by atoms with Crippen LogP contribution >= 0.6 is 0 Å². The first-order valence-electron chi connectivity index (χ1n) is 8.59. The fourth-order valence-electron chi connectivity index (χ4n) is 3.14. The number of hydrogen-bond donors (Lipinski definition) is 1. The molecule has 1 atom stereocenters. The molecule has 3 rings (SSSR count). The molecule has 3 nitrogen and oxygen atoms in total. The maximum Gasteiger partial charge on any atom is 0.293 e. The van der Waals surface area contributed by atoms with E-state index in [0.29, 0.717) is 0 Å². The summed E-state index contributed by atoms with van der Waals surface area (Å²) in [5.41, 5.74) is 4.97. The maximum absolute atomic E-state index is 12.5. The Morgan fingerprint density at radius 1 is 1.13 bits per heavy atom. The molecule has 0 fully saturated rings. The average Bonchev–Trinajstić information content (AvgIpc) is 2.61. The molecule has 1 aliphatic carbocycles. The molecule has 0 bridgehead atoms. The Morgan fingerprint density at radius 3 is 2.52 bits per heavy atom. The predicted octanol–water partition coefficient (Wildman–Crippen LogP) is 3.62. The van der Waals surface area contributed by atoms with Gasteiger partial charge in [0.25, 0.3) is 5.91 Å². The third-order valence-corrected chi connectivity index (χ3v) is 4.76. The zero-order chi connectivity index (χ0) is 16.2. The highest BCUT2D eigenvalue weighted by Crippen LogP contribution is 2.19. The lowest BCUT2D eigenvalue weighted by atomic mass is 9.93. The number of fused-ring (bicyclic) bond motifs is 1. The maximum atomic E-state index is 12.5. The van der Waals surface area contributed by atoms with Crippen molar-refractivity contribution in [3.63, 3.8) is 0 Å². The van der Waals surface area contributed by atoms with Crippen molar-refractivity contribution >= 4 is 11.6 Å². The molecule has 1 aromatic carbocycles. The smallest absolute Gasteiger partial charge is 0.293 e. The Balaban J connectivity index is 1.71. The van der Waals surface area contributed by atoms with Gasteiger partial charge in [0.1, 0.15) is 0 Å². The fraction of sp³-hybridized carbons (Fsp3) is 0.400. The molecule has 0 unspecified atom stereocenters. The molecule has 23 heavy (non-hydrogen) atoms. The van der Waals surface area contributed by atoms with Gasteiger partial charge >= 0.3 is 0 Å². The van der Waals surface area contributed by atoms with Crippen molar-refractivity contribution in [2.75, 3.05) is 5.32 Å². The predicted molar refractivity (Wildman–Crippen MR) is 92.4 cm³/mol. The normalized spacial score (nSPS) is 14.9. The van der Waals surface area contributed by atoms with E-state index in [9.17, 15) is 4.79 Å². The van der Waals surface area contributed by atoms with Crippen LogP contribution in [0, 0.1) is 0 Å². The third-order valence-electron chi connectivity index (χ3n) is 4.76. The van der Waals surface area contributed by atoms with E-state index in [1.54, 1.807) is 0 Å². The summed E-state index contributed by atoms with van der Waals surface area (Å²) >= 11 is 0. The molecule has 2 aromatic rings. The number of nitrogens with zero attached hydrogens (tertiary/aromatic N) is 1. The topological polar surface area (TPSA) is 33.0 Å². The highest BCUT2D eigenvalue weighted by molar-refractivity contribution is 5.92. The van der Waals surface area contributed by atoms with Gasteiger partial charge < -0.3 is 5.32 Å². The van der Waals surface area contributed by atoms with Crippen molar-refractivity contribution in [3.05, 3.63) is 59.4 Å². The van der Waals surface area contributed by atoms with Gasteiger partial charge in [-0.15, -0.1) is 0 Å². The van der Waals surface area contributed by atoms with Gasteiger partial charge in [-0.25, -0.2) is 0 Å². The van der Waals surface area contributed by atoms with E-state index in [1.165, 1.54) is 36.0 Å². The lowest BCUT2D eigenvalue weighted by molar-refractivity contribution is -0.706. The van der Waals surface area contributed by atoms with Gasteiger partial charge in [-0.05, 0) is 55.4 Å². The lowest BCUT2D eigenvalue weighted by Gasteiger charge is -2.15. The number of aryl methyl sites for hydroxylation is 3. The average molecular weight is 309 g/mol. The van der Waals surface area contributed by atoms with E-state index in [1.807, 2.05) is 29.8 Å². The Kier molecular flexibility index (Phi) is 4.75. The van der Waals surface area contributed by atoms with Crippen molar-refractivity contribution in [1.29, 1.82) is 0 Å². The van der Waals surface area contributed by atoms with Crippen LogP contribution in [0.1, 0.15) is 49.4 Å². The molecule has 0 spiro atoms. The van der Waals surface area contributed by atoms with Gasteiger partial charge in [0, 0.05) is 24.2 Å². The Hall–Kier alpha value is -2.16. The summed E-state index contributed by atoms with van der Waals surface area (Å²) in [5.74, 6) is 0.0232. The minimum absolute atomic E-state index is 0.0232. The summed E-state index contributed by atoms with van der Waals surface area (Å²) in [6, 6.07) is 10.0. The third kappa shape index (κ3) is 3.61. The molecule has 0 saturated heterocycles. The standard InChI is InChI=1S/C20H24N2O/c1-3-16-8-10-19(11-9-16)21-20(23)15(2)22-13-12-17-6-4-5-7-18(17)14-22/h8-15H,3-7H2,1-2H3/p+1/t15-/m1/s1. The lowest BCUT2D eigenvalue weighted by Crippen LogP contribution is -2.44. The van der Waals surface area contributed by atoms with Crippen LogP contribution in [-0.2, 0) is 24.1 Å². The van der Waals surface area contributed by atoms with Crippen molar-refractivity contribution in [2.24, 2.45) is 0 Å². The van der Waals surface area contributed by atoms with Crippen molar-refractivity contribution in [2.45, 2.75) is 52.0 Å². The largest absolute Gasteiger partial charge is 0.320 e. The molecule has 1 aliphatic rings. The minimum atomic E-state index is -0.215. The summed E-state index contributed by atoms with van der Waals surface area (Å²) in [6.45, 7) is 4.08. The van der Waals surface area contributed by atoms with E-state index in [4.69, 9.17) is 0 Å². The van der Waals surface area contributed by atoms with Gasteiger partial charge in [-0.2, -0.15) is 4.57 Å². The van der Waals surface area contributed by atoms with Crippen molar-refractivity contribution in [3.8, 4) is 0 Å². The van der Waals surface area contributed by atoms with Crippen LogP contribution < -0.4 is 9.88 Å². The molecule has 1 amide bonds. The number of nitrogens with one attached hydrogen (secondary N) is 1. The Morgan fingerprint density at radius 2 is 1.83 bits per heavy atom. The zero-order valence-electron chi connectivity index (χ0n) is 14.0. The summed E-state index contributed by atoms with van der Waals surface area (Å²) in [4.78, 5) is 12.5. The van der Waals surface area contributed by atoms with Gasteiger partial charge in [-0.3, -0.25) is 4.79 Å². The number of carbonyl (C=O) groups excluding carboxylic acids is 1. The summed E-state index contributed by atoms with van der Waals surface area (Å²) < 4.78 is 2.03. The second-order valence-corrected chi connectivity index (χ2v) is 6.37. The summed E-state index contributed by atoms with van der Waals surface area (Å²) in [7, 11) is 0. The monoisotopic (exact) mass is 309 g/mol. The van der Waals surface area contributed by atoms with Gasteiger partial charge in [0.15, 0.2) is 12.4 Å². The number of rotatable bonds is 4. The highest BCUT2D eigenvalue weighted by atomic mass is 16.2. The van der Waals surface area contributed by atoms with E-state index in [0.717, 1.165) is 18.5 Å². The van der Waals surface area contributed by atoms with E-state index in [-0.39, 0.29) is 11.9 Å². The highest BCUT2D eigenvalue weighted by Gasteiger charge is 2.24. The molecule has 120 valence electrons. The summed E-state index contributed by atoms with van der Waals surface area (Å²) in [6.07, 6.45) is 10.0. The fourth-order valence-corrected chi connectivity index (χ4v) is 3.14. The van der Waals surface area contributed by atoms with Crippen LogP contribution in [-0.4, -0.2) is 5.91 Å². The number of benzene rings is 1. The van der Waals surface area contributed by atoms with E-state index < -0.39 is 0 Å². The molecule has 0 radical (unpaired) electrons. The van der Waals surface area contributed by atoms with Crippen molar-refractivity contribution in [1.82, 2.24) is 0 Å². The zero-order valence-corrected chi connectivity index (χ0v) is 14.0. The molecule has 0 saturated carbocycles. The van der Waals surface area contributed by atoms with Crippen LogP contribution in [0.4, 0.5) is 5.69 Å². The van der Waals surface area contributed by atoms with Crippen LogP contribution in [0.3, 0.4) is 0 Å². The van der Waals surface area contributed by atoms with Crippen LogP contribution in [0.25, 0.3) is 0 Å². The molecule has 1 N–H and O–H groups in total. The molecule has 1 aromatic heterocycles. The Labute approximate surface area is 138 Å². The molecule has 3 heteroatoms. The number of aromatic nitrogens is 1. The SMILES string of the molecule is CCc1ccc(NC(=O)[C@@H](C)[n+]2ccc3c(c2)CCCC3)cc1. The molecule has 1 heterocycles. The van der Waals surface area contributed by atoms with Gasteiger partial charge in [-0.1, -0.05) is 19.1 Å². The summed E-state index contributed by atoms with van der Waals surface area (Å²) in [5, 5.41) is 3.01.